The second-order valence-corrected chi connectivity index (χ2v) is 4.21. The van der Waals surface area contributed by atoms with E-state index in [0.29, 0.717) is 5.57 Å². The van der Waals surface area contributed by atoms with E-state index in [4.69, 9.17) is 0 Å². The number of allylic oxidation sites excluding steroid dienone is 2. The van der Waals surface area contributed by atoms with E-state index >= 15 is 0 Å². The average Bonchev–Trinajstić information content (AvgIpc) is 2.32. The van der Waals surface area contributed by atoms with Crippen molar-refractivity contribution in [1.29, 1.82) is 0 Å². The van der Waals surface area contributed by atoms with Gasteiger partial charge < -0.3 is 5.32 Å². The van der Waals surface area contributed by atoms with Crippen LogP contribution in [-0.4, -0.2) is 24.6 Å². The van der Waals surface area contributed by atoms with E-state index in [1.807, 2.05) is 26.3 Å². The quantitative estimate of drug-likeness (QED) is 0.255. The Morgan fingerprint density at radius 1 is 1.50 bits per heavy atom. The zero-order chi connectivity index (χ0) is 12.4. The Morgan fingerprint density at radius 3 is 2.62 bits per heavy atom. The lowest BCUT2D eigenvalue weighted by Gasteiger charge is -2.05. The Balaban J connectivity index is 4.87. The van der Waals surface area contributed by atoms with Crippen LogP contribution < -0.4 is 5.32 Å². The monoisotopic (exact) mass is 240 g/mol. The number of aliphatic imine (C=N–C) groups is 1. The Hall–Kier alpha value is -1.03. The molecule has 0 aromatic rings. The standard InChI is InChI=1S/C12H20N2OS/c1-5-6-7-12(13-3)11(9-15)8-14-10(2)16-4/h7-9,13H,5-6H2,1-4H3/b11-8-,12-7-,14-10+. The summed E-state index contributed by atoms with van der Waals surface area (Å²) in [6.45, 7) is 4.02. The smallest absolute Gasteiger partial charge is 0.153 e. The minimum atomic E-state index is 0.587. The molecule has 0 atom stereocenters. The van der Waals surface area contributed by atoms with E-state index in [-0.39, 0.29) is 0 Å². The first-order valence-electron chi connectivity index (χ1n) is 5.31. The molecule has 4 heteroatoms. The molecule has 0 saturated heterocycles. The van der Waals surface area contributed by atoms with Gasteiger partial charge >= 0.3 is 0 Å². The van der Waals surface area contributed by atoms with Crippen LogP contribution in [0, 0.1) is 0 Å². The second kappa shape index (κ2) is 9.21. The molecule has 0 amide bonds. The lowest BCUT2D eigenvalue weighted by Crippen LogP contribution is -2.09. The third-order valence-electron chi connectivity index (χ3n) is 2.03. The maximum absolute atomic E-state index is 10.9. The van der Waals surface area contributed by atoms with Crippen LogP contribution in [0.2, 0.25) is 0 Å². The van der Waals surface area contributed by atoms with Crippen molar-refractivity contribution in [2.24, 2.45) is 4.99 Å². The van der Waals surface area contributed by atoms with Gasteiger partial charge in [0.25, 0.3) is 0 Å². The van der Waals surface area contributed by atoms with Gasteiger partial charge in [-0.2, -0.15) is 0 Å². The van der Waals surface area contributed by atoms with Crippen molar-refractivity contribution in [1.82, 2.24) is 5.32 Å². The molecule has 3 nitrogen and oxygen atoms in total. The van der Waals surface area contributed by atoms with Crippen molar-refractivity contribution < 1.29 is 4.79 Å². The minimum absolute atomic E-state index is 0.587. The van der Waals surface area contributed by atoms with Crippen molar-refractivity contribution >= 4 is 23.1 Å². The van der Waals surface area contributed by atoms with Gasteiger partial charge in [-0.25, -0.2) is 0 Å². The van der Waals surface area contributed by atoms with Crippen LogP contribution in [0.1, 0.15) is 26.7 Å². The molecule has 0 fully saturated rings. The first kappa shape index (κ1) is 15.0. The Kier molecular flexibility index (Phi) is 8.62. The summed E-state index contributed by atoms with van der Waals surface area (Å²) in [5.74, 6) is 0. The predicted octanol–water partition coefficient (Wildman–Crippen LogP) is 2.75. The summed E-state index contributed by atoms with van der Waals surface area (Å²) in [4.78, 5) is 15.1. The maximum Gasteiger partial charge on any atom is 0.153 e. The van der Waals surface area contributed by atoms with Crippen molar-refractivity contribution in [3.8, 4) is 0 Å². The van der Waals surface area contributed by atoms with E-state index in [9.17, 15) is 4.79 Å². The predicted molar refractivity (Wildman–Crippen MR) is 72.8 cm³/mol. The van der Waals surface area contributed by atoms with Gasteiger partial charge in [0.05, 0.1) is 10.6 Å². The van der Waals surface area contributed by atoms with Gasteiger partial charge in [0, 0.05) is 18.9 Å². The van der Waals surface area contributed by atoms with E-state index in [0.717, 1.165) is 29.9 Å². The zero-order valence-electron chi connectivity index (χ0n) is 10.4. The highest BCUT2D eigenvalue weighted by Gasteiger charge is 2.00. The molecule has 0 aromatic heterocycles. The number of unbranched alkanes of at least 4 members (excludes halogenated alkanes) is 1. The summed E-state index contributed by atoms with van der Waals surface area (Å²) in [6.07, 6.45) is 8.42. The topological polar surface area (TPSA) is 41.5 Å². The van der Waals surface area contributed by atoms with Gasteiger partial charge in [-0.1, -0.05) is 19.4 Å². The summed E-state index contributed by atoms with van der Waals surface area (Å²) in [6, 6.07) is 0. The molecule has 0 aliphatic rings. The second-order valence-electron chi connectivity index (χ2n) is 3.21. The molecule has 0 heterocycles. The molecule has 0 radical (unpaired) electrons. The fourth-order valence-electron chi connectivity index (χ4n) is 1.03. The van der Waals surface area contributed by atoms with E-state index in [1.165, 1.54) is 0 Å². The molecule has 16 heavy (non-hydrogen) atoms. The van der Waals surface area contributed by atoms with Gasteiger partial charge in [0.15, 0.2) is 6.29 Å². The number of carbonyl (C=O) groups is 1. The van der Waals surface area contributed by atoms with E-state index in [2.05, 4.69) is 17.2 Å². The number of hydrogen-bond donors (Lipinski definition) is 1. The molecular weight excluding hydrogens is 220 g/mol. The van der Waals surface area contributed by atoms with Crippen LogP contribution in [0.5, 0.6) is 0 Å². The van der Waals surface area contributed by atoms with Crippen LogP contribution in [0.3, 0.4) is 0 Å². The molecular formula is C12H20N2OS. The lowest BCUT2D eigenvalue weighted by molar-refractivity contribution is -0.104. The largest absolute Gasteiger partial charge is 0.388 e. The summed E-state index contributed by atoms with van der Waals surface area (Å²) in [7, 11) is 1.81. The number of carbonyl (C=O) groups excluding carboxylic acids is 1. The van der Waals surface area contributed by atoms with Gasteiger partial charge in [-0.3, -0.25) is 9.79 Å². The number of hydrogen-bond acceptors (Lipinski definition) is 4. The highest BCUT2D eigenvalue weighted by molar-refractivity contribution is 8.13. The summed E-state index contributed by atoms with van der Waals surface area (Å²) in [5.41, 5.74) is 1.43. The van der Waals surface area contributed by atoms with Crippen molar-refractivity contribution in [2.45, 2.75) is 26.7 Å². The number of thioether (sulfide) groups is 1. The number of nitrogens with zero attached hydrogens (tertiary/aromatic N) is 1. The summed E-state index contributed by atoms with van der Waals surface area (Å²) in [5, 5.41) is 3.95. The first-order chi connectivity index (χ1) is 7.69. The molecule has 0 spiro atoms. The van der Waals surface area contributed by atoms with E-state index < -0.39 is 0 Å². The highest BCUT2D eigenvalue weighted by atomic mass is 32.2. The number of nitrogens with one attached hydrogen (secondary N) is 1. The third kappa shape index (κ3) is 5.75. The number of aldehydes is 1. The fraction of sp³-hybridized carbons (Fsp3) is 0.500. The normalized spacial score (nSPS) is 13.9. The fourth-order valence-corrected chi connectivity index (χ4v) is 1.19. The van der Waals surface area contributed by atoms with Crippen LogP contribution >= 0.6 is 11.8 Å². The molecule has 0 rings (SSSR count). The van der Waals surface area contributed by atoms with Crippen molar-refractivity contribution in [3.63, 3.8) is 0 Å². The molecule has 0 saturated carbocycles. The lowest BCUT2D eigenvalue weighted by atomic mass is 10.2. The van der Waals surface area contributed by atoms with Crippen LogP contribution in [-0.2, 0) is 4.79 Å². The van der Waals surface area contributed by atoms with Crippen LogP contribution in [0.15, 0.2) is 28.5 Å². The maximum atomic E-state index is 10.9. The summed E-state index contributed by atoms with van der Waals surface area (Å²) >= 11 is 1.56. The Labute approximate surface area is 102 Å². The molecule has 0 unspecified atom stereocenters. The van der Waals surface area contributed by atoms with Gasteiger partial charge in [0.1, 0.15) is 0 Å². The van der Waals surface area contributed by atoms with Gasteiger partial charge in [-0.05, 0) is 19.6 Å². The van der Waals surface area contributed by atoms with Gasteiger partial charge in [0.2, 0.25) is 0 Å². The molecule has 0 bridgehead atoms. The molecule has 1 N–H and O–H groups in total. The van der Waals surface area contributed by atoms with Crippen LogP contribution in [0.25, 0.3) is 0 Å². The molecule has 0 aromatic carbocycles. The highest BCUT2D eigenvalue weighted by Crippen LogP contribution is 2.07. The average molecular weight is 240 g/mol. The molecule has 90 valence electrons. The minimum Gasteiger partial charge on any atom is -0.388 e. The number of likely N-dealkylation sites (N-methyl/N-ethyl adjacent to an activating group) is 1. The van der Waals surface area contributed by atoms with Crippen molar-refractivity contribution in [3.05, 3.63) is 23.5 Å². The third-order valence-corrected chi connectivity index (χ3v) is 2.72. The molecule has 0 aliphatic carbocycles. The SMILES string of the molecule is CCC/C=C(NC)/C(C=O)=C\N=C(/C)SC. The zero-order valence-corrected chi connectivity index (χ0v) is 11.2. The van der Waals surface area contributed by atoms with Gasteiger partial charge in [-0.15, -0.1) is 11.8 Å². The van der Waals surface area contributed by atoms with Crippen molar-refractivity contribution in [2.75, 3.05) is 13.3 Å². The summed E-state index contributed by atoms with van der Waals surface area (Å²) < 4.78 is 0. The first-order valence-corrected chi connectivity index (χ1v) is 6.54. The Bertz CT molecular complexity index is 306. The van der Waals surface area contributed by atoms with Crippen LogP contribution in [0.4, 0.5) is 0 Å². The Morgan fingerprint density at radius 2 is 2.19 bits per heavy atom. The van der Waals surface area contributed by atoms with E-state index in [1.54, 1.807) is 18.0 Å². The number of rotatable bonds is 6. The molecule has 0 aliphatic heterocycles.